The molecule has 0 radical (unpaired) electrons. The molecule has 0 fully saturated rings. The Bertz CT molecular complexity index is 5370. The molecule has 6 heterocycles. The Hall–Kier alpha value is -10.5. The van der Waals surface area contributed by atoms with Crippen molar-refractivity contribution >= 4 is 104 Å². The molecule has 2 aliphatic heterocycles. The molecule has 402 valence electrons. The fourth-order valence-corrected chi connectivity index (χ4v) is 13.8. The van der Waals surface area contributed by atoms with E-state index in [1.807, 2.05) is 12.3 Å². The number of ether oxygens (including phenoxy) is 1. The number of rotatable bonds is 6. The summed E-state index contributed by atoms with van der Waals surface area (Å²) in [5.74, 6) is 1.13. The summed E-state index contributed by atoms with van der Waals surface area (Å²) < 4.78 is 11.9. The smallest absolute Gasteiger partial charge is 0.143 e. The van der Waals surface area contributed by atoms with Crippen molar-refractivity contribution in [2.24, 2.45) is 0 Å². The zero-order valence-electron chi connectivity index (χ0n) is 45.5. The second-order valence-corrected chi connectivity index (χ2v) is 21.8. The van der Waals surface area contributed by atoms with Crippen molar-refractivity contribution in [2.45, 2.75) is 0 Å². The van der Waals surface area contributed by atoms with Gasteiger partial charge in [-0.3, -0.25) is 0 Å². The van der Waals surface area contributed by atoms with E-state index in [1.165, 1.54) is 10.8 Å². The SMILES string of the molecule is [Pt].[c-]1c(Oc2[c-]c3c(cc2)c2cc(-n4c5ccccc5c5ccccc54)cc4c5ccccc5c5ccccc5c5cccnc5n3c42)ccc2c1N1[CH-]N(c3c(-c4ccccc4)cccc3-c3ccccc3)c3cccc(c31)-c1ccccc1-2. The van der Waals surface area contributed by atoms with Crippen LogP contribution in [0.25, 0.3) is 132 Å². The van der Waals surface area contributed by atoms with Crippen LogP contribution in [0.15, 0.2) is 273 Å². The van der Waals surface area contributed by atoms with E-state index in [9.17, 15) is 0 Å². The Morgan fingerprint density at radius 1 is 0.365 bits per heavy atom. The Labute approximate surface area is 504 Å². The minimum atomic E-state index is 0. The van der Waals surface area contributed by atoms with Gasteiger partial charge in [0, 0.05) is 105 Å². The molecule has 85 heavy (non-hydrogen) atoms. The quantitative estimate of drug-likeness (QED) is 0.156. The van der Waals surface area contributed by atoms with Gasteiger partial charge in [0.15, 0.2) is 0 Å². The maximum atomic E-state index is 7.15. The molecule has 0 aliphatic carbocycles. The Kier molecular flexibility index (Phi) is 11.1. The Balaban J connectivity index is 0.00000567. The van der Waals surface area contributed by atoms with E-state index in [4.69, 9.17) is 9.72 Å². The molecule has 0 unspecified atom stereocenters. The molecule has 6 nitrogen and oxygen atoms in total. The number of benzene rings is 12. The van der Waals surface area contributed by atoms with E-state index in [0.29, 0.717) is 11.5 Å². The number of para-hydroxylation sites is 4. The summed E-state index contributed by atoms with van der Waals surface area (Å²) in [7, 11) is 0. The van der Waals surface area contributed by atoms with E-state index >= 15 is 0 Å². The van der Waals surface area contributed by atoms with Gasteiger partial charge in [0.05, 0.1) is 11.0 Å². The van der Waals surface area contributed by atoms with Crippen LogP contribution in [-0.2, 0) is 21.1 Å². The van der Waals surface area contributed by atoms with Gasteiger partial charge in [-0.25, -0.2) is 4.98 Å². The normalized spacial score (nSPS) is 12.5. The van der Waals surface area contributed by atoms with Crippen molar-refractivity contribution in [2.75, 3.05) is 9.80 Å². The second kappa shape index (κ2) is 19.3. The predicted molar refractivity (Wildman–Crippen MR) is 347 cm³/mol. The van der Waals surface area contributed by atoms with E-state index in [0.717, 1.165) is 144 Å². The number of fused-ring (bicyclic) bond motifs is 18. The van der Waals surface area contributed by atoms with E-state index in [1.54, 1.807) is 0 Å². The van der Waals surface area contributed by atoms with Crippen LogP contribution in [0.2, 0.25) is 0 Å². The van der Waals surface area contributed by atoms with E-state index < -0.39 is 0 Å². The monoisotopic (exact) mass is 1260 g/mol. The molecular weight excluding hydrogens is 1220 g/mol. The summed E-state index contributed by atoms with van der Waals surface area (Å²) in [6.45, 7) is 2.25. The van der Waals surface area contributed by atoms with Crippen LogP contribution in [0.3, 0.4) is 0 Å². The van der Waals surface area contributed by atoms with Crippen LogP contribution in [-0.4, -0.2) is 14.0 Å². The molecule has 0 saturated carbocycles. The van der Waals surface area contributed by atoms with Gasteiger partial charge in [0.25, 0.3) is 0 Å². The Morgan fingerprint density at radius 3 is 1.54 bits per heavy atom. The van der Waals surface area contributed by atoms with Gasteiger partial charge >= 0.3 is 0 Å². The average Bonchev–Trinajstić information content (AvgIpc) is 2.36. The standard InChI is InChI=1S/C78H46N5O.Pt/c1-3-20-49(21-4-1)54-32-17-33-55(50-22-5-2-6-23-50)75(54)80-48-81-73-46-52(39-41-64(73)58-26-9-10-27-59(58)66-34-18-38-72(80)77(66)81)84-53-40-42-65-69-45-51(82-70-36-15-13-30-62(70)63-31-14-16-37-71(63)82)44-68-61-29-12-8-25-57(61)56-24-7-11-28-60(56)67-35-19-43-79-78(67)83(76(68)69)74(65)47-53;/h1-45,48H;/q-3;. The van der Waals surface area contributed by atoms with Crippen molar-refractivity contribution in [1.82, 2.24) is 14.0 Å². The topological polar surface area (TPSA) is 37.9 Å². The minimum absolute atomic E-state index is 0. The predicted octanol–water partition coefficient (Wildman–Crippen LogP) is 20.5. The van der Waals surface area contributed by atoms with Crippen LogP contribution in [0, 0.1) is 18.8 Å². The zero-order valence-corrected chi connectivity index (χ0v) is 47.8. The molecule has 0 N–H and O–H groups in total. The minimum Gasteiger partial charge on any atom is -0.509 e. The number of anilines is 4. The van der Waals surface area contributed by atoms with Gasteiger partial charge in [-0.2, -0.15) is 12.1 Å². The molecule has 0 atom stereocenters. The first-order valence-corrected chi connectivity index (χ1v) is 28.5. The first kappa shape index (κ1) is 49.1. The number of hydrogen-bond acceptors (Lipinski definition) is 4. The molecule has 18 rings (SSSR count). The van der Waals surface area contributed by atoms with Crippen LogP contribution >= 0.6 is 0 Å². The van der Waals surface area contributed by atoms with Crippen molar-refractivity contribution in [3.63, 3.8) is 0 Å². The van der Waals surface area contributed by atoms with Gasteiger partial charge in [0.1, 0.15) is 5.65 Å². The number of aromatic nitrogens is 3. The maximum Gasteiger partial charge on any atom is 0.143 e. The van der Waals surface area contributed by atoms with Gasteiger partial charge in [-0.1, -0.05) is 217 Å². The number of hydrogen-bond donors (Lipinski definition) is 0. The number of pyridine rings is 1. The molecule has 2 aliphatic rings. The van der Waals surface area contributed by atoms with Gasteiger partial charge in [-0.15, -0.1) is 41.9 Å². The molecule has 7 heteroatoms. The van der Waals surface area contributed by atoms with E-state index in [2.05, 4.69) is 298 Å². The molecular formula is C78H46N5OPt-3. The third kappa shape index (κ3) is 7.38. The fraction of sp³-hybridized carbons (Fsp3) is 0. The Morgan fingerprint density at radius 2 is 0.871 bits per heavy atom. The molecule has 16 aromatic rings. The second-order valence-electron chi connectivity index (χ2n) is 21.8. The summed E-state index contributed by atoms with van der Waals surface area (Å²) in [5.41, 5.74) is 19.3. The van der Waals surface area contributed by atoms with Gasteiger partial charge in [0.2, 0.25) is 0 Å². The summed E-state index contributed by atoms with van der Waals surface area (Å²) in [6.07, 6.45) is 1.90. The van der Waals surface area contributed by atoms with Gasteiger partial charge < -0.3 is 23.5 Å². The van der Waals surface area contributed by atoms with Crippen molar-refractivity contribution in [1.29, 1.82) is 0 Å². The van der Waals surface area contributed by atoms with Crippen LogP contribution < -0.4 is 14.5 Å². The fourth-order valence-electron chi connectivity index (χ4n) is 13.8. The van der Waals surface area contributed by atoms with Crippen molar-refractivity contribution in [3.8, 4) is 61.7 Å². The first-order chi connectivity index (χ1) is 41.7. The average molecular weight is 1260 g/mol. The van der Waals surface area contributed by atoms with Crippen LogP contribution in [0.4, 0.5) is 22.7 Å². The maximum absolute atomic E-state index is 7.15. The zero-order chi connectivity index (χ0) is 55.0. The summed E-state index contributed by atoms with van der Waals surface area (Å²) in [5, 5.41) is 11.2. The first-order valence-electron chi connectivity index (χ1n) is 28.5. The van der Waals surface area contributed by atoms with E-state index in [-0.39, 0.29) is 21.1 Å². The largest absolute Gasteiger partial charge is 0.509 e. The number of nitrogens with zero attached hydrogens (tertiary/aromatic N) is 5. The summed E-state index contributed by atoms with van der Waals surface area (Å²) in [6, 6.07) is 104. The molecule has 0 amide bonds. The van der Waals surface area contributed by atoms with Gasteiger partial charge in [-0.05, 0) is 86.1 Å². The van der Waals surface area contributed by atoms with Crippen LogP contribution in [0.5, 0.6) is 11.5 Å². The van der Waals surface area contributed by atoms with Crippen molar-refractivity contribution in [3.05, 3.63) is 292 Å². The molecule has 0 spiro atoms. The van der Waals surface area contributed by atoms with Crippen LogP contribution in [0.1, 0.15) is 0 Å². The third-order valence-corrected chi connectivity index (χ3v) is 17.4. The molecule has 0 saturated heterocycles. The van der Waals surface area contributed by atoms with Crippen molar-refractivity contribution < 1.29 is 25.8 Å². The summed E-state index contributed by atoms with van der Waals surface area (Å²) in [4.78, 5) is 10.0. The molecule has 0 bridgehead atoms. The molecule has 4 aromatic heterocycles. The molecule has 12 aromatic carbocycles. The third-order valence-electron chi connectivity index (χ3n) is 17.4. The summed E-state index contributed by atoms with van der Waals surface area (Å²) >= 11 is 0.